The summed E-state index contributed by atoms with van der Waals surface area (Å²) in [5.74, 6) is -2.03. The van der Waals surface area contributed by atoms with Crippen molar-refractivity contribution in [1.29, 1.82) is 0 Å². The zero-order valence-electron chi connectivity index (χ0n) is 52.1. The maximum Gasteiger partial charge on any atom is 0.361 e. The highest BCUT2D eigenvalue weighted by Gasteiger charge is 2.25. The van der Waals surface area contributed by atoms with Gasteiger partial charge in [-0.3, -0.25) is 9.59 Å². The second-order valence-corrected chi connectivity index (χ2v) is 22.0. The van der Waals surface area contributed by atoms with Gasteiger partial charge >= 0.3 is 17.9 Å². The summed E-state index contributed by atoms with van der Waals surface area (Å²) >= 11 is 0. The number of ether oxygens (including phenoxy) is 4. The first-order chi connectivity index (χ1) is 39.6. The molecule has 0 saturated heterocycles. The van der Waals surface area contributed by atoms with E-state index in [-0.39, 0.29) is 38.6 Å². The molecular weight excluding hydrogens is 1010 g/mol. The zero-order chi connectivity index (χ0) is 59.1. The van der Waals surface area contributed by atoms with Crippen molar-refractivity contribution >= 4 is 17.9 Å². The van der Waals surface area contributed by atoms with Crippen LogP contribution in [0.15, 0.2) is 146 Å². The molecule has 1 N–H and O–H groups in total. The van der Waals surface area contributed by atoms with E-state index >= 15 is 0 Å². The van der Waals surface area contributed by atoms with Gasteiger partial charge in [0, 0.05) is 12.8 Å². The molecular formula is C72H118NO8+. The number of carboxylic acids is 1. The van der Waals surface area contributed by atoms with E-state index in [0.717, 1.165) is 135 Å². The fourth-order valence-electron chi connectivity index (χ4n) is 8.26. The minimum atomic E-state index is -1.52. The monoisotopic (exact) mass is 1120 g/mol. The number of carbonyl (C=O) groups excluding carboxylic acids is 2. The van der Waals surface area contributed by atoms with Crippen LogP contribution in [0.2, 0.25) is 0 Å². The molecule has 0 saturated carbocycles. The molecule has 0 radical (unpaired) electrons. The summed E-state index contributed by atoms with van der Waals surface area (Å²) in [6, 6.07) is 0. The Morgan fingerprint density at radius 2 is 0.667 bits per heavy atom. The maximum absolute atomic E-state index is 12.9. The van der Waals surface area contributed by atoms with Crippen molar-refractivity contribution in [3.63, 3.8) is 0 Å². The normalized spacial score (nSPS) is 13.7. The Kier molecular flexibility index (Phi) is 57.6. The van der Waals surface area contributed by atoms with Crippen molar-refractivity contribution in [1.82, 2.24) is 0 Å². The quantitative estimate of drug-likeness (QED) is 0.0211. The van der Waals surface area contributed by atoms with E-state index in [0.29, 0.717) is 17.4 Å². The molecule has 0 aromatic heterocycles. The number of nitrogens with zero attached hydrogens (tertiary/aromatic N) is 1. The Morgan fingerprint density at radius 1 is 0.370 bits per heavy atom. The first-order valence-electron chi connectivity index (χ1n) is 32.0. The summed E-state index contributed by atoms with van der Waals surface area (Å²) < 4.78 is 22.9. The number of esters is 2. The topological polar surface area (TPSA) is 108 Å². The second kappa shape index (κ2) is 61.2. The third-order valence-corrected chi connectivity index (χ3v) is 13.1. The number of hydrogen-bond donors (Lipinski definition) is 1. The van der Waals surface area contributed by atoms with E-state index in [1.165, 1.54) is 64.2 Å². The minimum absolute atomic E-state index is 0.177. The molecule has 0 aliphatic heterocycles. The molecule has 0 bridgehead atoms. The number of aliphatic carboxylic acids is 1. The van der Waals surface area contributed by atoms with Gasteiger partial charge in [-0.05, 0) is 116 Å². The van der Waals surface area contributed by atoms with E-state index in [1.54, 1.807) is 0 Å². The lowest BCUT2D eigenvalue weighted by atomic mass is 10.1. The van der Waals surface area contributed by atoms with Gasteiger partial charge < -0.3 is 28.5 Å². The van der Waals surface area contributed by atoms with Crippen LogP contribution >= 0.6 is 0 Å². The second-order valence-electron chi connectivity index (χ2n) is 22.0. The highest BCUT2D eigenvalue weighted by atomic mass is 16.7. The Hall–Kier alpha value is -4.83. The standard InChI is InChI=1S/C72H117NO8/c1-6-8-10-12-14-16-18-20-22-24-26-28-30-32-33-34-35-36-37-39-41-43-45-47-49-51-53-55-57-59-61-63-70(75)81-68(67-80-72(71(76)77)78-65-64-73(3,4)5)66-79-69(74)62-60-58-56-54-52-50-48-46-44-42-40-38-31-29-27-25-23-21-19-17-15-13-11-9-7-2/h8-11,14-17,20-23,26-29,32-33,35-36,38-41,68,72H,6-7,12-13,18-19,24-25,30-31,34,37,42-67H2,1-5H3/p+1/b10-8-,11-9-,16-14-,17-15-,22-20-,23-21-,28-26-,29-27-,33-32-,36-35-,40-38-,41-39-. The number of carboxylic acid groups (broad SMARTS) is 1. The zero-order valence-corrected chi connectivity index (χ0v) is 52.1. The number of carbonyl (C=O) groups is 3. The van der Waals surface area contributed by atoms with Crippen molar-refractivity contribution in [2.24, 2.45) is 0 Å². The maximum atomic E-state index is 12.9. The van der Waals surface area contributed by atoms with Crippen LogP contribution in [0, 0.1) is 0 Å². The van der Waals surface area contributed by atoms with Gasteiger partial charge in [0.25, 0.3) is 6.29 Å². The largest absolute Gasteiger partial charge is 0.477 e. The molecule has 0 aliphatic carbocycles. The summed E-state index contributed by atoms with van der Waals surface area (Å²) in [7, 11) is 5.96. The van der Waals surface area contributed by atoms with Gasteiger partial charge in [0.1, 0.15) is 13.2 Å². The number of likely N-dealkylation sites (N-methyl/N-ethyl adjacent to an activating group) is 1. The van der Waals surface area contributed by atoms with E-state index in [4.69, 9.17) is 18.9 Å². The summed E-state index contributed by atoms with van der Waals surface area (Å²) in [5, 5.41) is 9.73. The van der Waals surface area contributed by atoms with Gasteiger partial charge in [-0.15, -0.1) is 0 Å². The van der Waals surface area contributed by atoms with Crippen molar-refractivity contribution in [2.75, 3.05) is 47.5 Å². The van der Waals surface area contributed by atoms with Crippen LogP contribution < -0.4 is 0 Å². The van der Waals surface area contributed by atoms with Crippen LogP contribution in [0.5, 0.6) is 0 Å². The number of quaternary nitrogens is 1. The van der Waals surface area contributed by atoms with Crippen LogP contribution in [-0.4, -0.2) is 87.4 Å². The lowest BCUT2D eigenvalue weighted by Gasteiger charge is -2.25. The van der Waals surface area contributed by atoms with Gasteiger partial charge in [0.2, 0.25) is 0 Å². The molecule has 458 valence electrons. The summed E-state index contributed by atoms with van der Waals surface area (Å²) in [6.45, 7) is 4.62. The van der Waals surface area contributed by atoms with Gasteiger partial charge in [-0.25, -0.2) is 4.79 Å². The molecule has 9 nitrogen and oxygen atoms in total. The summed E-state index contributed by atoms with van der Waals surface area (Å²) in [4.78, 5) is 37.6. The first-order valence-corrected chi connectivity index (χ1v) is 32.0. The molecule has 0 heterocycles. The van der Waals surface area contributed by atoms with E-state index < -0.39 is 24.3 Å². The molecule has 81 heavy (non-hydrogen) atoms. The van der Waals surface area contributed by atoms with Crippen LogP contribution in [0.25, 0.3) is 0 Å². The fourth-order valence-corrected chi connectivity index (χ4v) is 8.26. The summed E-state index contributed by atoms with van der Waals surface area (Å²) in [6.07, 6.45) is 86.4. The van der Waals surface area contributed by atoms with Gasteiger partial charge in [-0.1, -0.05) is 250 Å². The molecule has 0 rings (SSSR count). The lowest BCUT2D eigenvalue weighted by Crippen LogP contribution is -2.40. The molecule has 9 heteroatoms. The Balaban J connectivity index is 4.26. The van der Waals surface area contributed by atoms with E-state index in [9.17, 15) is 19.5 Å². The molecule has 0 spiro atoms. The molecule has 2 atom stereocenters. The highest BCUT2D eigenvalue weighted by Crippen LogP contribution is 2.15. The highest BCUT2D eigenvalue weighted by molar-refractivity contribution is 5.71. The molecule has 0 aromatic carbocycles. The number of hydrogen-bond acceptors (Lipinski definition) is 7. The minimum Gasteiger partial charge on any atom is -0.477 e. The van der Waals surface area contributed by atoms with Gasteiger partial charge in [0.15, 0.2) is 6.10 Å². The smallest absolute Gasteiger partial charge is 0.361 e. The average molecular weight is 1130 g/mol. The van der Waals surface area contributed by atoms with E-state index in [2.05, 4.69) is 160 Å². The van der Waals surface area contributed by atoms with E-state index in [1.807, 2.05) is 21.1 Å². The number of unbranched alkanes of at least 4 members (excludes halogenated alkanes) is 18. The van der Waals surface area contributed by atoms with Crippen molar-refractivity contribution in [2.45, 2.75) is 245 Å². The third-order valence-electron chi connectivity index (χ3n) is 13.1. The van der Waals surface area contributed by atoms with Crippen molar-refractivity contribution in [3.8, 4) is 0 Å². The van der Waals surface area contributed by atoms with Crippen LogP contribution in [-0.2, 0) is 33.3 Å². The fraction of sp³-hybridized carbons (Fsp3) is 0.625. The SMILES string of the molecule is CC/C=C\C/C=C\C/C=C\C/C=C\C/C=C\C/C=C\C/C=C\CCCCCCCCCCCC(=O)OC(COC(=O)CCCCCCCCCCC/C=C\C/C=C\C/C=C\C/C=C\C/C=C\CC)COC(OCC[N+](C)(C)C)C(=O)O. The third kappa shape index (κ3) is 62.6. The number of allylic oxidation sites excluding steroid dienone is 24. The van der Waals surface area contributed by atoms with Crippen molar-refractivity contribution < 1.29 is 42.9 Å². The Bertz CT molecular complexity index is 1840. The molecule has 0 aromatic rings. The van der Waals surface area contributed by atoms with Gasteiger partial charge in [0.05, 0.1) is 34.4 Å². The lowest BCUT2D eigenvalue weighted by molar-refractivity contribution is -0.870. The molecule has 0 amide bonds. The number of rotatable bonds is 57. The molecule has 2 unspecified atom stereocenters. The van der Waals surface area contributed by atoms with Crippen LogP contribution in [0.3, 0.4) is 0 Å². The Labute approximate surface area is 496 Å². The van der Waals surface area contributed by atoms with Crippen LogP contribution in [0.1, 0.15) is 232 Å². The molecule has 0 aliphatic rings. The Morgan fingerprint density at radius 3 is 0.988 bits per heavy atom. The van der Waals surface area contributed by atoms with Gasteiger partial charge in [-0.2, -0.15) is 0 Å². The predicted octanol–water partition coefficient (Wildman–Crippen LogP) is 19.6. The average Bonchev–Trinajstić information content (AvgIpc) is 3.44. The van der Waals surface area contributed by atoms with Crippen molar-refractivity contribution in [3.05, 3.63) is 146 Å². The predicted molar refractivity (Wildman–Crippen MR) is 345 cm³/mol. The van der Waals surface area contributed by atoms with Crippen LogP contribution in [0.4, 0.5) is 0 Å². The molecule has 0 fully saturated rings. The first kappa shape index (κ1) is 76.2. The summed E-state index contributed by atoms with van der Waals surface area (Å²) in [5.41, 5.74) is 0.